The second-order valence-electron chi connectivity index (χ2n) is 10.5. The number of ether oxygens (including phenoxy) is 1. The third-order valence-electron chi connectivity index (χ3n) is 8.38. The number of hydrogen-bond acceptors (Lipinski definition) is 4. The van der Waals surface area contributed by atoms with E-state index in [0.29, 0.717) is 37.9 Å². The Morgan fingerprint density at radius 1 is 1.10 bits per heavy atom. The fraction of sp³-hybridized carbons (Fsp3) is 0.773. The van der Waals surface area contributed by atoms with Crippen LogP contribution < -0.4 is 0 Å². The number of rotatable bonds is 2. The summed E-state index contributed by atoms with van der Waals surface area (Å²) in [6.07, 6.45) is 12.8. The molecule has 1 aromatic rings. The standard InChI is InChI=1S/C22H30N4O3/c27-19(26-5-1-4-23-26)24-6-2-22(3-7-24)15-25(20(28)29-22)14-21-11-16-8-17(12-21)10-18(9-16)13-21/h1,4-5,16-18H,2-3,6-15H2. The molecule has 156 valence electrons. The lowest BCUT2D eigenvalue weighted by molar-refractivity contribution is -0.0631. The van der Waals surface area contributed by atoms with Gasteiger partial charge in [-0.2, -0.15) is 9.78 Å². The first kappa shape index (κ1) is 17.8. The van der Waals surface area contributed by atoms with Crippen LogP contribution in [0.2, 0.25) is 0 Å². The highest BCUT2D eigenvalue weighted by molar-refractivity contribution is 5.76. The van der Waals surface area contributed by atoms with Gasteiger partial charge in [0.1, 0.15) is 5.60 Å². The van der Waals surface area contributed by atoms with E-state index in [2.05, 4.69) is 5.10 Å². The van der Waals surface area contributed by atoms with Crippen LogP contribution in [0, 0.1) is 23.2 Å². The lowest BCUT2D eigenvalue weighted by Crippen LogP contribution is -2.52. The maximum Gasteiger partial charge on any atom is 0.410 e. The fourth-order valence-electron chi connectivity index (χ4n) is 7.60. The minimum atomic E-state index is -0.416. The molecule has 1 spiro atoms. The van der Waals surface area contributed by atoms with Gasteiger partial charge >= 0.3 is 12.1 Å². The predicted octanol–water partition coefficient (Wildman–Crippen LogP) is 3.35. The highest BCUT2D eigenvalue weighted by Gasteiger charge is 2.54. The fourth-order valence-corrected chi connectivity index (χ4v) is 7.60. The summed E-state index contributed by atoms with van der Waals surface area (Å²) in [6.45, 7) is 2.79. The minimum absolute atomic E-state index is 0.0976. The predicted molar refractivity (Wildman–Crippen MR) is 105 cm³/mol. The van der Waals surface area contributed by atoms with Crippen LogP contribution in [0.4, 0.5) is 9.59 Å². The summed E-state index contributed by atoms with van der Waals surface area (Å²) in [5.74, 6) is 2.68. The summed E-state index contributed by atoms with van der Waals surface area (Å²) in [5, 5.41) is 4.04. The van der Waals surface area contributed by atoms with Crippen molar-refractivity contribution < 1.29 is 14.3 Å². The Morgan fingerprint density at radius 2 is 1.76 bits per heavy atom. The van der Waals surface area contributed by atoms with Crippen LogP contribution in [0.1, 0.15) is 51.4 Å². The summed E-state index contributed by atoms with van der Waals surface area (Å²) in [5.41, 5.74) is -0.0731. The number of amides is 2. The van der Waals surface area contributed by atoms with Crippen LogP contribution in [0.15, 0.2) is 18.5 Å². The highest BCUT2D eigenvalue weighted by Crippen LogP contribution is 2.60. The van der Waals surface area contributed by atoms with Crippen molar-refractivity contribution in [2.45, 2.75) is 57.0 Å². The third kappa shape index (κ3) is 2.96. The number of carbonyl (C=O) groups is 2. The van der Waals surface area contributed by atoms with Gasteiger partial charge in [-0.15, -0.1) is 0 Å². The van der Waals surface area contributed by atoms with Gasteiger partial charge in [-0.1, -0.05) is 0 Å². The zero-order chi connectivity index (χ0) is 19.6. The first-order valence-corrected chi connectivity index (χ1v) is 11.3. The van der Waals surface area contributed by atoms with E-state index in [1.165, 1.54) is 43.2 Å². The smallest absolute Gasteiger partial charge is 0.410 e. The molecule has 0 radical (unpaired) electrons. The summed E-state index contributed by atoms with van der Waals surface area (Å²) >= 11 is 0. The lowest BCUT2D eigenvalue weighted by atomic mass is 9.49. The Labute approximate surface area is 171 Å². The van der Waals surface area contributed by atoms with Gasteiger partial charge in [0, 0.05) is 44.9 Å². The number of carbonyl (C=O) groups excluding carboxylic acids is 2. The van der Waals surface area contributed by atoms with E-state index in [4.69, 9.17) is 4.74 Å². The molecule has 7 rings (SSSR count). The monoisotopic (exact) mass is 398 g/mol. The van der Waals surface area contributed by atoms with Crippen molar-refractivity contribution in [1.29, 1.82) is 0 Å². The number of aromatic nitrogens is 2. The van der Waals surface area contributed by atoms with Crippen LogP contribution in [-0.2, 0) is 4.74 Å². The van der Waals surface area contributed by atoms with E-state index >= 15 is 0 Å². The molecular weight excluding hydrogens is 368 g/mol. The molecule has 2 saturated heterocycles. The molecule has 0 N–H and O–H groups in total. The molecule has 6 aliphatic rings. The maximum atomic E-state index is 12.8. The topological polar surface area (TPSA) is 67.7 Å². The Hall–Kier alpha value is -2.05. The number of piperidine rings is 1. The second-order valence-corrected chi connectivity index (χ2v) is 10.5. The maximum absolute atomic E-state index is 12.8. The zero-order valence-electron chi connectivity index (χ0n) is 17.0. The molecule has 3 heterocycles. The molecule has 0 atom stereocenters. The van der Waals surface area contributed by atoms with Crippen molar-refractivity contribution in [3.8, 4) is 0 Å². The minimum Gasteiger partial charge on any atom is -0.441 e. The van der Waals surface area contributed by atoms with Crippen molar-refractivity contribution in [2.24, 2.45) is 23.2 Å². The summed E-state index contributed by atoms with van der Waals surface area (Å²) < 4.78 is 7.33. The summed E-state index contributed by atoms with van der Waals surface area (Å²) in [7, 11) is 0. The molecule has 2 amide bonds. The average molecular weight is 399 g/mol. The van der Waals surface area contributed by atoms with Gasteiger partial charge in [-0.25, -0.2) is 9.59 Å². The van der Waals surface area contributed by atoms with E-state index in [9.17, 15) is 9.59 Å². The molecule has 4 bridgehead atoms. The van der Waals surface area contributed by atoms with E-state index in [-0.39, 0.29) is 12.1 Å². The first-order valence-electron chi connectivity index (χ1n) is 11.3. The second kappa shape index (κ2) is 6.22. The van der Waals surface area contributed by atoms with Crippen molar-refractivity contribution in [1.82, 2.24) is 19.6 Å². The van der Waals surface area contributed by atoms with Crippen molar-refractivity contribution in [3.63, 3.8) is 0 Å². The van der Waals surface area contributed by atoms with Gasteiger partial charge in [0.2, 0.25) is 0 Å². The first-order chi connectivity index (χ1) is 14.0. The van der Waals surface area contributed by atoms with Crippen LogP contribution in [-0.4, -0.2) is 63.5 Å². The normalized spacial score (nSPS) is 37.4. The Morgan fingerprint density at radius 3 is 2.34 bits per heavy atom. The van der Waals surface area contributed by atoms with Crippen molar-refractivity contribution in [3.05, 3.63) is 18.5 Å². The van der Waals surface area contributed by atoms with E-state index in [1.54, 1.807) is 18.5 Å². The van der Waals surface area contributed by atoms with E-state index in [1.807, 2.05) is 9.80 Å². The Kier molecular flexibility index (Phi) is 3.81. The zero-order valence-corrected chi connectivity index (χ0v) is 17.0. The van der Waals surface area contributed by atoms with Crippen LogP contribution in [0.3, 0.4) is 0 Å². The van der Waals surface area contributed by atoms with Crippen molar-refractivity contribution >= 4 is 12.1 Å². The van der Waals surface area contributed by atoms with Crippen LogP contribution >= 0.6 is 0 Å². The van der Waals surface area contributed by atoms with Crippen molar-refractivity contribution in [2.75, 3.05) is 26.2 Å². The number of nitrogens with zero attached hydrogens (tertiary/aromatic N) is 4. The Bertz CT molecular complexity index is 777. The third-order valence-corrected chi connectivity index (χ3v) is 8.38. The van der Waals surface area contributed by atoms with Gasteiger partial charge in [0.25, 0.3) is 0 Å². The molecule has 2 aliphatic heterocycles. The van der Waals surface area contributed by atoms with Crippen LogP contribution in [0.25, 0.3) is 0 Å². The quantitative estimate of drug-likeness (QED) is 0.766. The molecule has 7 nitrogen and oxygen atoms in total. The van der Waals surface area contributed by atoms with E-state index < -0.39 is 5.60 Å². The largest absolute Gasteiger partial charge is 0.441 e. The molecule has 4 saturated carbocycles. The van der Waals surface area contributed by atoms with Gasteiger partial charge < -0.3 is 14.5 Å². The lowest BCUT2D eigenvalue weighted by Gasteiger charge is -2.57. The number of likely N-dealkylation sites (tertiary alicyclic amines) is 1. The molecule has 4 aliphatic carbocycles. The van der Waals surface area contributed by atoms with Gasteiger partial charge in [0.15, 0.2) is 0 Å². The van der Waals surface area contributed by atoms with E-state index in [0.717, 1.165) is 24.3 Å². The van der Waals surface area contributed by atoms with Gasteiger partial charge in [-0.3, -0.25) is 0 Å². The average Bonchev–Trinajstić information content (AvgIpc) is 3.30. The summed E-state index contributed by atoms with van der Waals surface area (Å²) in [4.78, 5) is 29.1. The molecule has 7 heteroatoms. The molecule has 6 fully saturated rings. The highest BCUT2D eigenvalue weighted by atomic mass is 16.6. The van der Waals surface area contributed by atoms with Gasteiger partial charge in [-0.05, 0) is 67.8 Å². The molecule has 29 heavy (non-hydrogen) atoms. The van der Waals surface area contributed by atoms with Gasteiger partial charge in [0.05, 0.1) is 6.54 Å². The molecule has 1 aromatic heterocycles. The Balaban J connectivity index is 1.11. The SMILES string of the molecule is O=C1OC2(CCN(C(=O)n3cccn3)CC2)CN1CC12CC3CC(CC(C3)C1)C2. The van der Waals surface area contributed by atoms with Crippen LogP contribution in [0.5, 0.6) is 0 Å². The summed E-state index contributed by atoms with van der Waals surface area (Å²) in [6, 6.07) is 1.66. The molecule has 0 aromatic carbocycles. The number of hydrogen-bond donors (Lipinski definition) is 0. The molecular formula is C22H30N4O3. The molecule has 0 unspecified atom stereocenters.